The highest BCUT2D eigenvalue weighted by molar-refractivity contribution is 9.10. The maximum Gasteiger partial charge on any atom is 0.282 e. The van der Waals surface area contributed by atoms with E-state index in [1.54, 1.807) is 7.05 Å². The summed E-state index contributed by atoms with van der Waals surface area (Å²) >= 11 is 3.24. The fourth-order valence-corrected chi connectivity index (χ4v) is 3.12. The first-order valence-electron chi connectivity index (χ1n) is 7.36. The van der Waals surface area contributed by atoms with Crippen molar-refractivity contribution in [3.63, 3.8) is 0 Å². The summed E-state index contributed by atoms with van der Waals surface area (Å²) in [6, 6.07) is 8.19. The molecule has 2 aromatic rings. The average Bonchev–Trinajstić information content (AvgIpc) is 2.58. The van der Waals surface area contributed by atoms with Crippen LogP contribution in [-0.4, -0.2) is 33.7 Å². The lowest BCUT2D eigenvalue weighted by Gasteiger charge is -2.29. The van der Waals surface area contributed by atoms with E-state index in [4.69, 9.17) is 0 Å². The van der Waals surface area contributed by atoms with Crippen LogP contribution in [0.4, 0.5) is 5.69 Å². The maximum absolute atomic E-state index is 12.4. The molecule has 0 saturated heterocycles. The molecule has 7 heteroatoms. The zero-order chi connectivity index (χ0) is 16.4. The van der Waals surface area contributed by atoms with Crippen molar-refractivity contribution in [2.45, 2.75) is 13.0 Å². The van der Waals surface area contributed by atoms with Crippen LogP contribution in [0.5, 0.6) is 0 Å². The highest BCUT2D eigenvalue weighted by atomic mass is 79.9. The van der Waals surface area contributed by atoms with E-state index in [0.29, 0.717) is 23.2 Å². The Morgan fingerprint density at radius 1 is 1.35 bits per heavy atom. The Bertz CT molecular complexity index is 803. The molecule has 120 valence electrons. The van der Waals surface area contributed by atoms with E-state index >= 15 is 0 Å². The smallest absolute Gasteiger partial charge is 0.282 e. The van der Waals surface area contributed by atoms with Gasteiger partial charge in [-0.1, -0.05) is 24.3 Å². The summed E-state index contributed by atoms with van der Waals surface area (Å²) in [4.78, 5) is 26.0. The van der Waals surface area contributed by atoms with Crippen molar-refractivity contribution < 1.29 is 4.79 Å². The van der Waals surface area contributed by atoms with Gasteiger partial charge in [-0.15, -0.1) is 0 Å². The first-order chi connectivity index (χ1) is 11.1. The molecular formula is C16H17BrN4O2. The molecule has 1 aromatic carbocycles. The SMILES string of the molecule is Cn1ncc(NCC(=O)N2CCc3ccccc3C2)c(Br)c1=O. The van der Waals surface area contributed by atoms with Crippen LogP contribution in [0.2, 0.25) is 0 Å². The van der Waals surface area contributed by atoms with Crippen molar-refractivity contribution in [2.24, 2.45) is 7.05 Å². The number of nitrogens with one attached hydrogen (secondary N) is 1. The molecule has 0 radical (unpaired) electrons. The van der Waals surface area contributed by atoms with Crippen LogP contribution < -0.4 is 10.9 Å². The molecule has 23 heavy (non-hydrogen) atoms. The highest BCUT2D eigenvalue weighted by Crippen LogP contribution is 2.19. The van der Waals surface area contributed by atoms with Crippen molar-refractivity contribution in [1.82, 2.24) is 14.7 Å². The summed E-state index contributed by atoms with van der Waals surface area (Å²) in [5, 5.41) is 6.93. The first kappa shape index (κ1) is 15.7. The van der Waals surface area contributed by atoms with Gasteiger partial charge in [0.15, 0.2) is 0 Å². The second-order valence-corrected chi connectivity index (χ2v) is 6.28. The van der Waals surface area contributed by atoms with E-state index in [0.717, 1.165) is 6.42 Å². The maximum atomic E-state index is 12.4. The number of benzene rings is 1. The van der Waals surface area contributed by atoms with Gasteiger partial charge in [-0.3, -0.25) is 9.59 Å². The van der Waals surface area contributed by atoms with Gasteiger partial charge in [-0.05, 0) is 33.5 Å². The summed E-state index contributed by atoms with van der Waals surface area (Å²) in [6.07, 6.45) is 2.41. The lowest BCUT2D eigenvalue weighted by Crippen LogP contribution is -2.39. The fraction of sp³-hybridized carbons (Fsp3) is 0.312. The molecule has 3 rings (SSSR count). The Balaban J connectivity index is 1.65. The van der Waals surface area contributed by atoms with Gasteiger partial charge in [-0.2, -0.15) is 5.10 Å². The number of aryl methyl sites for hydroxylation is 1. The molecular weight excluding hydrogens is 360 g/mol. The molecule has 1 aliphatic rings. The molecule has 1 amide bonds. The summed E-state index contributed by atoms with van der Waals surface area (Å²) < 4.78 is 1.62. The van der Waals surface area contributed by atoms with Crippen molar-refractivity contribution in [3.8, 4) is 0 Å². The number of rotatable bonds is 3. The van der Waals surface area contributed by atoms with Crippen LogP contribution in [0.3, 0.4) is 0 Å². The van der Waals surface area contributed by atoms with Gasteiger partial charge in [0.25, 0.3) is 5.56 Å². The third-order valence-electron chi connectivity index (χ3n) is 3.99. The standard InChI is InChI=1S/C16H17BrN4O2/c1-20-16(23)15(17)13(8-19-20)18-9-14(22)21-7-6-11-4-2-3-5-12(11)10-21/h2-5,8,18H,6-7,9-10H2,1H3. The highest BCUT2D eigenvalue weighted by Gasteiger charge is 2.20. The molecule has 6 nitrogen and oxygen atoms in total. The topological polar surface area (TPSA) is 67.2 Å². The summed E-state index contributed by atoms with van der Waals surface area (Å²) in [6.45, 7) is 1.48. The number of carbonyl (C=O) groups is 1. The predicted octanol–water partition coefficient (Wildman–Crippen LogP) is 1.54. The number of aromatic nitrogens is 2. The number of carbonyl (C=O) groups excluding carboxylic acids is 1. The summed E-state index contributed by atoms with van der Waals surface area (Å²) in [7, 11) is 1.58. The minimum Gasteiger partial charge on any atom is -0.374 e. The molecule has 0 saturated carbocycles. The molecule has 1 aliphatic heterocycles. The summed E-state index contributed by atoms with van der Waals surface area (Å²) in [5.41, 5.74) is 2.79. The normalized spacial score (nSPS) is 13.6. The predicted molar refractivity (Wildman–Crippen MR) is 91.2 cm³/mol. The number of fused-ring (bicyclic) bond motifs is 1. The van der Waals surface area contributed by atoms with Crippen LogP contribution >= 0.6 is 15.9 Å². The second-order valence-electron chi connectivity index (χ2n) is 5.49. The molecule has 0 atom stereocenters. The monoisotopic (exact) mass is 376 g/mol. The minimum absolute atomic E-state index is 0.00656. The quantitative estimate of drug-likeness (QED) is 0.881. The molecule has 1 aromatic heterocycles. The van der Waals surface area contributed by atoms with Crippen LogP contribution in [0.15, 0.2) is 39.7 Å². The second kappa shape index (κ2) is 6.54. The van der Waals surface area contributed by atoms with E-state index in [9.17, 15) is 9.59 Å². The third-order valence-corrected chi connectivity index (χ3v) is 4.76. The van der Waals surface area contributed by atoms with E-state index < -0.39 is 0 Å². The lowest BCUT2D eigenvalue weighted by molar-refractivity contribution is -0.130. The molecule has 1 N–H and O–H groups in total. The Kier molecular flexibility index (Phi) is 4.47. The number of amides is 1. The first-order valence-corrected chi connectivity index (χ1v) is 8.16. The van der Waals surface area contributed by atoms with Crippen LogP contribution in [0, 0.1) is 0 Å². The molecule has 0 bridgehead atoms. The van der Waals surface area contributed by atoms with Gasteiger partial charge >= 0.3 is 0 Å². The van der Waals surface area contributed by atoms with E-state index in [2.05, 4.69) is 38.5 Å². The molecule has 0 spiro atoms. The van der Waals surface area contributed by atoms with Crippen LogP contribution in [0.25, 0.3) is 0 Å². The van der Waals surface area contributed by atoms with Gasteiger partial charge in [0.05, 0.1) is 18.4 Å². The largest absolute Gasteiger partial charge is 0.374 e. The van der Waals surface area contributed by atoms with E-state index in [-0.39, 0.29) is 18.0 Å². The van der Waals surface area contributed by atoms with Gasteiger partial charge in [0.2, 0.25) is 5.91 Å². The van der Waals surface area contributed by atoms with Crippen molar-refractivity contribution in [2.75, 3.05) is 18.4 Å². The average molecular weight is 377 g/mol. The fourth-order valence-electron chi connectivity index (χ4n) is 2.63. The lowest BCUT2D eigenvalue weighted by atomic mass is 10.00. The molecule has 0 aliphatic carbocycles. The molecule has 0 fully saturated rings. The van der Waals surface area contributed by atoms with Crippen molar-refractivity contribution >= 4 is 27.5 Å². The van der Waals surface area contributed by atoms with E-state index in [1.165, 1.54) is 22.0 Å². The third kappa shape index (κ3) is 3.29. The van der Waals surface area contributed by atoms with Gasteiger partial charge in [-0.25, -0.2) is 4.68 Å². The van der Waals surface area contributed by atoms with Gasteiger partial charge in [0.1, 0.15) is 4.47 Å². The number of halogens is 1. The number of hydrogen-bond acceptors (Lipinski definition) is 4. The summed E-state index contributed by atoms with van der Waals surface area (Å²) in [5.74, 6) is 0.00656. The zero-order valence-electron chi connectivity index (χ0n) is 12.8. The van der Waals surface area contributed by atoms with Crippen LogP contribution in [0.1, 0.15) is 11.1 Å². The number of hydrogen-bond donors (Lipinski definition) is 1. The Morgan fingerprint density at radius 2 is 2.09 bits per heavy atom. The van der Waals surface area contributed by atoms with Crippen molar-refractivity contribution in [1.29, 1.82) is 0 Å². The molecule has 2 heterocycles. The Labute approximate surface area is 142 Å². The minimum atomic E-state index is -0.241. The Hall–Kier alpha value is -2.15. The van der Waals surface area contributed by atoms with Crippen molar-refractivity contribution in [3.05, 3.63) is 56.4 Å². The Morgan fingerprint density at radius 3 is 2.87 bits per heavy atom. The zero-order valence-corrected chi connectivity index (χ0v) is 14.3. The number of anilines is 1. The van der Waals surface area contributed by atoms with Crippen LogP contribution in [-0.2, 0) is 24.8 Å². The number of nitrogens with zero attached hydrogens (tertiary/aromatic N) is 3. The van der Waals surface area contributed by atoms with E-state index in [1.807, 2.05) is 17.0 Å². The molecule has 0 unspecified atom stereocenters. The van der Waals surface area contributed by atoms with Gasteiger partial charge < -0.3 is 10.2 Å². The van der Waals surface area contributed by atoms with Gasteiger partial charge in [0, 0.05) is 20.1 Å².